The third-order valence-corrected chi connectivity index (χ3v) is 3.65. The minimum atomic E-state index is 0.0907. The molecule has 2 N–H and O–H groups in total. The van der Waals surface area contributed by atoms with E-state index in [2.05, 4.69) is 30.0 Å². The van der Waals surface area contributed by atoms with Crippen molar-refractivity contribution in [1.29, 1.82) is 0 Å². The average molecular weight is 263 g/mol. The van der Waals surface area contributed by atoms with Crippen molar-refractivity contribution < 1.29 is 4.79 Å². The maximum absolute atomic E-state index is 11.6. The molecule has 1 aromatic heterocycles. The van der Waals surface area contributed by atoms with Crippen molar-refractivity contribution in [2.45, 2.75) is 52.1 Å². The first-order chi connectivity index (χ1) is 9.24. The Morgan fingerprint density at radius 3 is 3.00 bits per heavy atom. The van der Waals surface area contributed by atoms with Crippen molar-refractivity contribution in [3.63, 3.8) is 0 Å². The maximum Gasteiger partial charge on any atom is 0.239 e. The first-order valence-corrected chi connectivity index (χ1v) is 7.43. The highest BCUT2D eigenvalue weighted by Gasteiger charge is 2.21. The molecule has 0 spiro atoms. The SMILES string of the molecule is CCCNC1CCCc2cn(CC(=O)NCC)cc21. The Morgan fingerprint density at radius 1 is 1.42 bits per heavy atom. The molecule has 1 aliphatic rings. The van der Waals surface area contributed by atoms with Crippen LogP contribution in [-0.2, 0) is 17.8 Å². The van der Waals surface area contributed by atoms with E-state index in [4.69, 9.17) is 0 Å². The molecule has 0 radical (unpaired) electrons. The van der Waals surface area contributed by atoms with Gasteiger partial charge in [0.15, 0.2) is 0 Å². The van der Waals surface area contributed by atoms with Gasteiger partial charge in [-0.05, 0) is 50.3 Å². The summed E-state index contributed by atoms with van der Waals surface area (Å²) in [5.41, 5.74) is 2.80. The standard InChI is InChI=1S/C15H25N3O/c1-3-8-17-14-7-5-6-12-9-18(10-13(12)14)11-15(19)16-4-2/h9-10,14,17H,3-8,11H2,1-2H3,(H,16,19). The normalized spacial score (nSPS) is 18.1. The molecule has 1 aromatic rings. The molecule has 1 amide bonds. The first-order valence-electron chi connectivity index (χ1n) is 7.43. The van der Waals surface area contributed by atoms with Crippen molar-refractivity contribution in [1.82, 2.24) is 15.2 Å². The van der Waals surface area contributed by atoms with Crippen molar-refractivity contribution in [2.75, 3.05) is 13.1 Å². The Bertz CT molecular complexity index is 425. The molecule has 1 heterocycles. The summed E-state index contributed by atoms with van der Waals surface area (Å²) >= 11 is 0. The van der Waals surface area contributed by atoms with Gasteiger partial charge in [0.2, 0.25) is 5.91 Å². The number of rotatable bonds is 6. The number of likely N-dealkylation sites (N-methyl/N-ethyl adjacent to an activating group) is 1. The summed E-state index contributed by atoms with van der Waals surface area (Å²) in [4.78, 5) is 11.6. The summed E-state index contributed by atoms with van der Waals surface area (Å²) in [6.07, 6.45) is 9.03. The number of aryl methyl sites for hydroxylation is 1. The van der Waals surface area contributed by atoms with Gasteiger partial charge >= 0.3 is 0 Å². The molecule has 4 nitrogen and oxygen atoms in total. The van der Waals surface area contributed by atoms with E-state index in [-0.39, 0.29) is 5.91 Å². The molecular formula is C15H25N3O. The second kappa shape index (κ2) is 6.75. The summed E-state index contributed by atoms with van der Waals surface area (Å²) in [5.74, 6) is 0.0907. The van der Waals surface area contributed by atoms with E-state index in [0.29, 0.717) is 19.1 Å². The summed E-state index contributed by atoms with van der Waals surface area (Å²) in [6.45, 7) is 6.33. The highest BCUT2D eigenvalue weighted by Crippen LogP contribution is 2.30. The lowest BCUT2D eigenvalue weighted by Gasteiger charge is -2.23. The van der Waals surface area contributed by atoms with Gasteiger partial charge in [0.25, 0.3) is 0 Å². The van der Waals surface area contributed by atoms with Crippen LogP contribution in [0.3, 0.4) is 0 Å². The van der Waals surface area contributed by atoms with Gasteiger partial charge in [0.1, 0.15) is 6.54 Å². The quantitative estimate of drug-likeness (QED) is 0.824. The van der Waals surface area contributed by atoms with E-state index < -0.39 is 0 Å². The third-order valence-electron chi connectivity index (χ3n) is 3.65. The van der Waals surface area contributed by atoms with Gasteiger partial charge in [-0.1, -0.05) is 6.92 Å². The molecule has 1 unspecified atom stereocenters. The van der Waals surface area contributed by atoms with Crippen molar-refractivity contribution in [3.05, 3.63) is 23.5 Å². The van der Waals surface area contributed by atoms with Crippen LogP contribution < -0.4 is 10.6 Å². The number of nitrogens with zero attached hydrogens (tertiary/aromatic N) is 1. The number of carbonyl (C=O) groups excluding carboxylic acids is 1. The predicted octanol–water partition coefficient (Wildman–Crippen LogP) is 2.00. The monoisotopic (exact) mass is 263 g/mol. The second-order valence-electron chi connectivity index (χ2n) is 5.26. The highest BCUT2D eigenvalue weighted by molar-refractivity contribution is 5.75. The van der Waals surface area contributed by atoms with Crippen molar-refractivity contribution >= 4 is 5.91 Å². The van der Waals surface area contributed by atoms with Crippen molar-refractivity contribution in [2.24, 2.45) is 0 Å². The van der Waals surface area contributed by atoms with Crippen LogP contribution in [-0.4, -0.2) is 23.6 Å². The number of hydrogen-bond donors (Lipinski definition) is 2. The molecule has 1 aliphatic carbocycles. The lowest BCUT2D eigenvalue weighted by Crippen LogP contribution is -2.26. The Morgan fingerprint density at radius 2 is 2.26 bits per heavy atom. The summed E-state index contributed by atoms with van der Waals surface area (Å²) < 4.78 is 2.03. The summed E-state index contributed by atoms with van der Waals surface area (Å²) in [6, 6.07) is 0.471. The molecule has 0 fully saturated rings. The van der Waals surface area contributed by atoms with E-state index in [1.54, 1.807) is 0 Å². The molecule has 106 valence electrons. The molecule has 0 aliphatic heterocycles. The van der Waals surface area contributed by atoms with Crippen LogP contribution >= 0.6 is 0 Å². The predicted molar refractivity (Wildman–Crippen MR) is 77.1 cm³/mol. The van der Waals surface area contributed by atoms with Gasteiger partial charge in [-0.2, -0.15) is 0 Å². The largest absolute Gasteiger partial charge is 0.355 e. The van der Waals surface area contributed by atoms with E-state index in [0.717, 1.165) is 19.4 Å². The lowest BCUT2D eigenvalue weighted by molar-refractivity contribution is -0.121. The zero-order chi connectivity index (χ0) is 13.7. The number of nitrogens with one attached hydrogen (secondary N) is 2. The molecule has 0 bridgehead atoms. The van der Waals surface area contributed by atoms with Crippen LogP contribution in [0.4, 0.5) is 0 Å². The van der Waals surface area contributed by atoms with Crippen LogP contribution in [0.5, 0.6) is 0 Å². The van der Waals surface area contributed by atoms with Crippen LogP contribution in [0.15, 0.2) is 12.4 Å². The Balaban J connectivity index is 2.05. The smallest absolute Gasteiger partial charge is 0.239 e. The molecule has 0 saturated heterocycles. The number of hydrogen-bond acceptors (Lipinski definition) is 2. The van der Waals surface area contributed by atoms with Gasteiger partial charge in [-0.25, -0.2) is 0 Å². The van der Waals surface area contributed by atoms with Gasteiger partial charge in [0, 0.05) is 25.0 Å². The van der Waals surface area contributed by atoms with E-state index >= 15 is 0 Å². The minimum absolute atomic E-state index is 0.0907. The highest BCUT2D eigenvalue weighted by atomic mass is 16.1. The Kier molecular flexibility index (Phi) is 5.02. The van der Waals surface area contributed by atoms with E-state index in [1.165, 1.54) is 24.0 Å². The lowest BCUT2D eigenvalue weighted by atomic mass is 9.91. The number of amides is 1. The molecule has 0 aromatic carbocycles. The number of carbonyl (C=O) groups is 1. The van der Waals surface area contributed by atoms with Gasteiger partial charge in [-0.15, -0.1) is 0 Å². The Labute approximate surface area is 115 Å². The first kappa shape index (κ1) is 14.1. The fourth-order valence-electron chi connectivity index (χ4n) is 2.79. The molecule has 4 heteroatoms. The van der Waals surface area contributed by atoms with Crippen LogP contribution in [0, 0.1) is 0 Å². The topological polar surface area (TPSA) is 46.1 Å². The second-order valence-corrected chi connectivity index (χ2v) is 5.26. The fourth-order valence-corrected chi connectivity index (χ4v) is 2.79. The summed E-state index contributed by atoms with van der Waals surface area (Å²) in [5, 5.41) is 6.45. The molecule has 1 atom stereocenters. The summed E-state index contributed by atoms with van der Waals surface area (Å²) in [7, 11) is 0. The maximum atomic E-state index is 11.6. The minimum Gasteiger partial charge on any atom is -0.355 e. The number of aromatic nitrogens is 1. The fraction of sp³-hybridized carbons (Fsp3) is 0.667. The van der Waals surface area contributed by atoms with E-state index in [1.807, 2.05) is 11.5 Å². The Hall–Kier alpha value is -1.29. The molecule has 0 saturated carbocycles. The number of fused-ring (bicyclic) bond motifs is 1. The van der Waals surface area contributed by atoms with Gasteiger partial charge in [0.05, 0.1) is 0 Å². The van der Waals surface area contributed by atoms with Crippen LogP contribution in [0.25, 0.3) is 0 Å². The van der Waals surface area contributed by atoms with Crippen LogP contribution in [0.1, 0.15) is 50.3 Å². The molecule has 19 heavy (non-hydrogen) atoms. The van der Waals surface area contributed by atoms with E-state index in [9.17, 15) is 4.79 Å². The molecule has 2 rings (SSSR count). The van der Waals surface area contributed by atoms with Gasteiger partial charge in [-0.3, -0.25) is 4.79 Å². The van der Waals surface area contributed by atoms with Crippen LogP contribution in [0.2, 0.25) is 0 Å². The van der Waals surface area contributed by atoms with Gasteiger partial charge < -0.3 is 15.2 Å². The third kappa shape index (κ3) is 3.60. The zero-order valence-corrected chi connectivity index (χ0v) is 12.0. The van der Waals surface area contributed by atoms with Crippen molar-refractivity contribution in [3.8, 4) is 0 Å². The zero-order valence-electron chi connectivity index (χ0n) is 12.0. The average Bonchev–Trinajstić information content (AvgIpc) is 2.79. The molecular weight excluding hydrogens is 238 g/mol.